The topological polar surface area (TPSA) is 76.1 Å². The van der Waals surface area contributed by atoms with Crippen molar-refractivity contribution in [2.75, 3.05) is 7.11 Å². The largest absolute Gasteiger partial charge is 0.465 e. The Kier molecular flexibility index (Phi) is 4.61. The second-order valence-corrected chi connectivity index (χ2v) is 4.21. The monoisotopic (exact) mass is 300 g/mol. The third-order valence-corrected chi connectivity index (χ3v) is 2.80. The van der Waals surface area contributed by atoms with Crippen LogP contribution in [0.1, 0.15) is 15.9 Å². The number of ether oxygens (including phenoxy) is 1. The standard InChI is InChI=1S/C11H10BrFN2O2/c1-17-11(16)8-3-6(2-7(15)5-14)10(13)4-9(8)12/h3-4,7H,2,15H2,1H3. The maximum atomic E-state index is 13.5. The molecule has 0 aliphatic rings. The second kappa shape index (κ2) is 5.75. The fraction of sp³-hybridized carbons (Fsp3) is 0.273. The number of esters is 1. The summed E-state index contributed by atoms with van der Waals surface area (Å²) in [6.45, 7) is 0. The van der Waals surface area contributed by atoms with E-state index in [1.165, 1.54) is 13.2 Å². The van der Waals surface area contributed by atoms with Crippen molar-refractivity contribution in [1.82, 2.24) is 0 Å². The predicted octanol–water partition coefficient (Wildman–Crippen LogP) is 1.77. The number of methoxy groups -OCH3 is 1. The maximum Gasteiger partial charge on any atom is 0.339 e. The molecule has 0 amide bonds. The molecular formula is C11H10BrFN2O2. The van der Waals surface area contributed by atoms with Crippen LogP contribution in [0.15, 0.2) is 16.6 Å². The Balaban J connectivity index is 3.15. The maximum absolute atomic E-state index is 13.5. The molecule has 0 aliphatic heterocycles. The van der Waals surface area contributed by atoms with E-state index in [0.717, 1.165) is 6.07 Å². The number of hydrogen-bond donors (Lipinski definition) is 1. The fourth-order valence-corrected chi connectivity index (χ4v) is 1.78. The number of nitrogens with zero attached hydrogens (tertiary/aromatic N) is 1. The van der Waals surface area contributed by atoms with Gasteiger partial charge < -0.3 is 10.5 Å². The summed E-state index contributed by atoms with van der Waals surface area (Å²) in [5.74, 6) is -1.10. The summed E-state index contributed by atoms with van der Waals surface area (Å²) in [4.78, 5) is 11.4. The molecule has 0 radical (unpaired) electrons. The van der Waals surface area contributed by atoms with Gasteiger partial charge in [-0.05, 0) is 33.6 Å². The van der Waals surface area contributed by atoms with Crippen LogP contribution in [-0.2, 0) is 11.2 Å². The zero-order chi connectivity index (χ0) is 13.0. The summed E-state index contributed by atoms with van der Waals surface area (Å²) in [6, 6.07) is 3.49. The Morgan fingerprint density at radius 2 is 2.35 bits per heavy atom. The molecule has 0 bridgehead atoms. The number of nitrogens with two attached hydrogens (primary N) is 1. The van der Waals surface area contributed by atoms with E-state index in [1.54, 1.807) is 6.07 Å². The lowest BCUT2D eigenvalue weighted by molar-refractivity contribution is 0.0599. The molecule has 0 aliphatic carbocycles. The molecule has 6 heteroatoms. The first-order valence-electron chi connectivity index (χ1n) is 4.71. The van der Waals surface area contributed by atoms with Crippen LogP contribution < -0.4 is 5.73 Å². The number of rotatable bonds is 3. The number of benzene rings is 1. The van der Waals surface area contributed by atoms with Gasteiger partial charge in [-0.25, -0.2) is 9.18 Å². The average molecular weight is 301 g/mol. The van der Waals surface area contributed by atoms with Gasteiger partial charge in [-0.15, -0.1) is 0 Å². The van der Waals surface area contributed by atoms with Gasteiger partial charge in [-0.2, -0.15) is 5.26 Å². The third-order valence-electron chi connectivity index (χ3n) is 2.15. The van der Waals surface area contributed by atoms with Crippen LogP contribution in [0.25, 0.3) is 0 Å². The summed E-state index contributed by atoms with van der Waals surface area (Å²) < 4.78 is 18.4. The molecule has 0 saturated carbocycles. The summed E-state index contributed by atoms with van der Waals surface area (Å²) in [5.41, 5.74) is 5.83. The van der Waals surface area contributed by atoms with Crippen LogP contribution in [-0.4, -0.2) is 19.1 Å². The molecule has 1 aromatic carbocycles. The number of nitriles is 1. The Morgan fingerprint density at radius 1 is 1.71 bits per heavy atom. The lowest BCUT2D eigenvalue weighted by Crippen LogP contribution is -2.21. The van der Waals surface area contributed by atoms with Crippen LogP contribution in [0.4, 0.5) is 4.39 Å². The van der Waals surface area contributed by atoms with Gasteiger partial charge in [0.1, 0.15) is 5.82 Å². The van der Waals surface area contributed by atoms with Crippen LogP contribution in [0.3, 0.4) is 0 Å². The number of hydrogen-bond acceptors (Lipinski definition) is 4. The molecule has 0 fully saturated rings. The minimum absolute atomic E-state index is 0.0413. The van der Waals surface area contributed by atoms with Crippen LogP contribution in [0.2, 0.25) is 0 Å². The first kappa shape index (κ1) is 13.6. The molecule has 0 heterocycles. The highest BCUT2D eigenvalue weighted by atomic mass is 79.9. The summed E-state index contributed by atoms with van der Waals surface area (Å²) in [6.07, 6.45) is 0.0413. The van der Waals surface area contributed by atoms with Crippen molar-refractivity contribution in [3.63, 3.8) is 0 Å². The van der Waals surface area contributed by atoms with Crippen molar-refractivity contribution in [2.24, 2.45) is 5.73 Å². The zero-order valence-corrected chi connectivity index (χ0v) is 10.6. The SMILES string of the molecule is COC(=O)c1cc(CC(N)C#N)c(F)cc1Br. The summed E-state index contributed by atoms with van der Waals surface area (Å²) in [5, 5.41) is 8.57. The summed E-state index contributed by atoms with van der Waals surface area (Å²) in [7, 11) is 1.23. The normalized spacial score (nSPS) is 11.7. The number of carbonyl (C=O) groups excluding carboxylic acids is 1. The number of carbonyl (C=O) groups is 1. The van der Waals surface area contributed by atoms with Crippen molar-refractivity contribution in [1.29, 1.82) is 5.26 Å². The van der Waals surface area contributed by atoms with E-state index in [0.29, 0.717) is 4.47 Å². The van der Waals surface area contributed by atoms with Gasteiger partial charge in [-0.3, -0.25) is 0 Å². The van der Waals surface area contributed by atoms with E-state index in [9.17, 15) is 9.18 Å². The zero-order valence-electron chi connectivity index (χ0n) is 9.04. The molecule has 1 rings (SSSR count). The molecule has 1 aromatic rings. The van der Waals surface area contributed by atoms with E-state index in [4.69, 9.17) is 11.0 Å². The lowest BCUT2D eigenvalue weighted by atomic mass is 10.0. The van der Waals surface area contributed by atoms with Gasteiger partial charge in [0.15, 0.2) is 0 Å². The summed E-state index contributed by atoms with van der Waals surface area (Å²) >= 11 is 3.07. The van der Waals surface area contributed by atoms with Gasteiger partial charge >= 0.3 is 5.97 Å². The first-order chi connectivity index (χ1) is 7.99. The van der Waals surface area contributed by atoms with Crippen molar-refractivity contribution >= 4 is 21.9 Å². The van der Waals surface area contributed by atoms with Gasteiger partial charge in [0.05, 0.1) is 24.8 Å². The molecular weight excluding hydrogens is 291 g/mol. The lowest BCUT2D eigenvalue weighted by Gasteiger charge is -2.09. The molecule has 4 nitrogen and oxygen atoms in total. The van der Waals surface area contributed by atoms with Crippen molar-refractivity contribution < 1.29 is 13.9 Å². The van der Waals surface area contributed by atoms with E-state index in [1.807, 2.05) is 0 Å². The molecule has 1 atom stereocenters. The molecule has 1 unspecified atom stereocenters. The van der Waals surface area contributed by atoms with E-state index in [2.05, 4.69) is 20.7 Å². The Labute approximate surface area is 106 Å². The molecule has 2 N–H and O–H groups in total. The van der Waals surface area contributed by atoms with Crippen molar-refractivity contribution in [2.45, 2.75) is 12.5 Å². The van der Waals surface area contributed by atoms with Crippen molar-refractivity contribution in [3.05, 3.63) is 33.5 Å². The highest BCUT2D eigenvalue weighted by Gasteiger charge is 2.16. The number of halogens is 2. The van der Waals surface area contributed by atoms with E-state index < -0.39 is 17.8 Å². The quantitative estimate of drug-likeness (QED) is 0.863. The minimum atomic E-state index is -0.809. The van der Waals surface area contributed by atoms with Gasteiger partial charge in [0, 0.05) is 10.9 Å². The molecule has 17 heavy (non-hydrogen) atoms. The van der Waals surface area contributed by atoms with Crippen LogP contribution in [0, 0.1) is 17.1 Å². The molecule has 0 spiro atoms. The Bertz CT molecular complexity index is 485. The predicted molar refractivity (Wildman–Crippen MR) is 62.7 cm³/mol. The molecule has 90 valence electrons. The Morgan fingerprint density at radius 3 is 2.88 bits per heavy atom. The smallest absolute Gasteiger partial charge is 0.339 e. The first-order valence-corrected chi connectivity index (χ1v) is 5.50. The van der Waals surface area contributed by atoms with Gasteiger partial charge in [-0.1, -0.05) is 0 Å². The highest BCUT2D eigenvalue weighted by molar-refractivity contribution is 9.10. The molecule has 0 saturated heterocycles. The average Bonchev–Trinajstić information content (AvgIpc) is 2.31. The van der Waals surface area contributed by atoms with Gasteiger partial charge in [0.2, 0.25) is 0 Å². The fourth-order valence-electron chi connectivity index (χ4n) is 1.30. The van der Waals surface area contributed by atoms with Crippen LogP contribution >= 0.6 is 15.9 Å². The van der Waals surface area contributed by atoms with E-state index >= 15 is 0 Å². The van der Waals surface area contributed by atoms with Crippen LogP contribution in [0.5, 0.6) is 0 Å². The molecule has 0 aromatic heterocycles. The highest BCUT2D eigenvalue weighted by Crippen LogP contribution is 2.22. The van der Waals surface area contributed by atoms with E-state index in [-0.39, 0.29) is 17.5 Å². The van der Waals surface area contributed by atoms with Gasteiger partial charge in [0.25, 0.3) is 0 Å². The Hall–Kier alpha value is -1.45. The second-order valence-electron chi connectivity index (χ2n) is 3.35. The third kappa shape index (κ3) is 3.25. The van der Waals surface area contributed by atoms with Crippen molar-refractivity contribution in [3.8, 4) is 6.07 Å². The minimum Gasteiger partial charge on any atom is -0.465 e.